The van der Waals surface area contributed by atoms with Crippen LogP contribution in [0.25, 0.3) is 10.9 Å². The lowest BCUT2D eigenvalue weighted by atomic mass is 9.85. The number of amides is 2. The Bertz CT molecular complexity index is 1390. The quantitative estimate of drug-likeness (QED) is 0.452. The first kappa shape index (κ1) is 26.8. The summed E-state index contributed by atoms with van der Waals surface area (Å²) in [5, 5.41) is 11.9. The Hall–Kier alpha value is -3.79. The molecule has 5 rings (SSSR count). The highest BCUT2D eigenvalue weighted by molar-refractivity contribution is 5.87. The minimum absolute atomic E-state index is 0.0163. The molecule has 10 nitrogen and oxygen atoms in total. The molecule has 39 heavy (non-hydrogen) atoms. The second-order valence-electron chi connectivity index (χ2n) is 10.9. The van der Waals surface area contributed by atoms with Gasteiger partial charge in [-0.2, -0.15) is 5.10 Å². The van der Waals surface area contributed by atoms with E-state index in [9.17, 15) is 9.59 Å². The summed E-state index contributed by atoms with van der Waals surface area (Å²) in [7, 11) is 5.69. The Labute approximate surface area is 229 Å². The summed E-state index contributed by atoms with van der Waals surface area (Å²) in [6.07, 6.45) is 6.13. The first-order valence-electron chi connectivity index (χ1n) is 13.6. The van der Waals surface area contributed by atoms with Crippen LogP contribution >= 0.6 is 0 Å². The molecule has 0 bridgehead atoms. The third-order valence-electron chi connectivity index (χ3n) is 8.16. The van der Waals surface area contributed by atoms with Gasteiger partial charge in [-0.15, -0.1) is 0 Å². The van der Waals surface area contributed by atoms with Gasteiger partial charge in [-0.3, -0.25) is 19.6 Å². The van der Waals surface area contributed by atoms with Gasteiger partial charge in [-0.05, 0) is 50.1 Å². The van der Waals surface area contributed by atoms with E-state index in [1.807, 2.05) is 11.1 Å². The number of nitrogens with one attached hydrogen (secondary N) is 2. The number of hydrogen-bond acceptors (Lipinski definition) is 7. The van der Waals surface area contributed by atoms with Crippen LogP contribution in [-0.4, -0.2) is 87.5 Å². The van der Waals surface area contributed by atoms with Gasteiger partial charge in [0.2, 0.25) is 17.8 Å². The number of piperidine rings is 1. The molecule has 1 fully saturated rings. The monoisotopic (exact) mass is 530 g/mol. The van der Waals surface area contributed by atoms with Crippen molar-refractivity contribution in [2.75, 3.05) is 46.1 Å². The van der Waals surface area contributed by atoms with E-state index in [2.05, 4.69) is 53.1 Å². The molecular weight excluding hydrogens is 492 g/mol. The number of benzene rings is 1. The highest BCUT2D eigenvalue weighted by Crippen LogP contribution is 2.40. The third kappa shape index (κ3) is 5.38. The number of rotatable bonds is 7. The fraction of sp³-hybridized carbons (Fsp3) is 0.483. The maximum atomic E-state index is 12.2. The maximum absolute atomic E-state index is 12.2. The Morgan fingerprint density at radius 2 is 2.00 bits per heavy atom. The number of aromatic amines is 1. The molecule has 0 saturated carbocycles. The number of aromatic nitrogens is 4. The van der Waals surface area contributed by atoms with Crippen LogP contribution in [0.15, 0.2) is 31.0 Å². The van der Waals surface area contributed by atoms with Gasteiger partial charge in [0.05, 0.1) is 23.1 Å². The number of aryl methyl sites for hydroxylation is 1. The van der Waals surface area contributed by atoms with E-state index >= 15 is 0 Å². The standard InChI is InChI=1S/C29H38N8O2/c1-6-25(38)37-13-10-19(11-14-37)28-21-17-36(5)24(27-18(2)7-8-22-20(27)16-31-34-22)15-23(21)32-29(33-28)30-12-9-26(39)35(3)4/h6-8,16,19,24H,1,9-15,17H2,2-5H3,(H,31,34)(H,30,32,33). The van der Waals surface area contributed by atoms with Crippen LogP contribution in [0.1, 0.15) is 59.3 Å². The lowest BCUT2D eigenvalue weighted by Crippen LogP contribution is -2.38. The first-order chi connectivity index (χ1) is 18.8. The lowest BCUT2D eigenvalue weighted by molar-refractivity contribution is -0.128. The molecule has 2 N–H and O–H groups in total. The zero-order valence-electron chi connectivity index (χ0n) is 23.3. The highest BCUT2D eigenvalue weighted by atomic mass is 16.2. The fourth-order valence-corrected chi connectivity index (χ4v) is 5.93. The second kappa shape index (κ2) is 11.1. The zero-order valence-corrected chi connectivity index (χ0v) is 23.3. The second-order valence-corrected chi connectivity index (χ2v) is 10.9. The molecule has 2 amide bonds. The van der Waals surface area contributed by atoms with Crippen molar-refractivity contribution in [1.29, 1.82) is 0 Å². The number of carbonyl (C=O) groups is 2. The SMILES string of the molecule is C=CC(=O)N1CCC(c2nc(NCCC(=O)N(C)C)nc3c2CN(C)C(c2c(C)ccc4[nH]ncc24)C3)CC1. The van der Waals surface area contributed by atoms with Gasteiger partial charge in [0.25, 0.3) is 0 Å². The van der Waals surface area contributed by atoms with E-state index in [1.54, 1.807) is 19.0 Å². The van der Waals surface area contributed by atoms with E-state index in [4.69, 9.17) is 9.97 Å². The number of nitrogens with zero attached hydrogens (tertiary/aromatic N) is 6. The number of likely N-dealkylation sites (tertiary alicyclic amines) is 1. The van der Waals surface area contributed by atoms with Crippen molar-refractivity contribution in [1.82, 2.24) is 34.9 Å². The summed E-state index contributed by atoms with van der Waals surface area (Å²) < 4.78 is 0. The van der Waals surface area contributed by atoms with Crippen molar-refractivity contribution in [3.05, 3.63) is 59.1 Å². The fourth-order valence-electron chi connectivity index (χ4n) is 5.93. The van der Waals surface area contributed by atoms with Crippen molar-refractivity contribution < 1.29 is 9.59 Å². The van der Waals surface area contributed by atoms with E-state index in [0.29, 0.717) is 32.0 Å². The van der Waals surface area contributed by atoms with E-state index in [1.165, 1.54) is 22.8 Å². The summed E-state index contributed by atoms with van der Waals surface area (Å²) in [6.45, 7) is 8.39. The Balaban J connectivity index is 1.47. The van der Waals surface area contributed by atoms with Gasteiger partial charge in [-0.1, -0.05) is 12.6 Å². The molecule has 1 unspecified atom stereocenters. The van der Waals surface area contributed by atoms with Gasteiger partial charge in [0.15, 0.2) is 0 Å². The Morgan fingerprint density at radius 3 is 2.72 bits per heavy atom. The van der Waals surface area contributed by atoms with Gasteiger partial charge in [0.1, 0.15) is 0 Å². The van der Waals surface area contributed by atoms with Crippen molar-refractivity contribution in [3.8, 4) is 0 Å². The highest BCUT2D eigenvalue weighted by Gasteiger charge is 2.34. The molecule has 3 aromatic rings. The number of carbonyl (C=O) groups excluding carboxylic acids is 2. The third-order valence-corrected chi connectivity index (χ3v) is 8.16. The molecule has 2 aromatic heterocycles. The van der Waals surface area contributed by atoms with Crippen LogP contribution in [-0.2, 0) is 22.6 Å². The number of likely N-dealkylation sites (N-methyl/N-ethyl adjacent to an activating group) is 1. The average Bonchev–Trinajstić information content (AvgIpc) is 3.41. The summed E-state index contributed by atoms with van der Waals surface area (Å²) >= 11 is 0. The van der Waals surface area contributed by atoms with Gasteiger partial charge >= 0.3 is 0 Å². The number of fused-ring (bicyclic) bond motifs is 2. The smallest absolute Gasteiger partial charge is 0.245 e. The van der Waals surface area contributed by atoms with Crippen molar-refractivity contribution >= 4 is 28.7 Å². The molecule has 2 aliphatic rings. The summed E-state index contributed by atoms with van der Waals surface area (Å²) in [4.78, 5) is 40.2. The molecular formula is C29H38N8O2. The molecule has 0 radical (unpaired) electrons. The van der Waals surface area contributed by atoms with Gasteiger partial charge < -0.3 is 15.1 Å². The average molecular weight is 531 g/mol. The van der Waals surface area contributed by atoms with Crippen LogP contribution in [0.2, 0.25) is 0 Å². The molecule has 0 spiro atoms. The van der Waals surface area contributed by atoms with Crippen LogP contribution in [0.3, 0.4) is 0 Å². The summed E-state index contributed by atoms with van der Waals surface area (Å²) in [5.74, 6) is 0.854. The Kier molecular flexibility index (Phi) is 7.65. The zero-order chi connectivity index (χ0) is 27.7. The minimum Gasteiger partial charge on any atom is -0.354 e. The van der Waals surface area contributed by atoms with Crippen molar-refractivity contribution in [3.63, 3.8) is 0 Å². The van der Waals surface area contributed by atoms with Gasteiger partial charge in [-0.25, -0.2) is 9.97 Å². The topological polar surface area (TPSA) is 110 Å². The van der Waals surface area contributed by atoms with E-state index < -0.39 is 0 Å². The van der Waals surface area contributed by atoms with Crippen LogP contribution < -0.4 is 5.32 Å². The largest absolute Gasteiger partial charge is 0.354 e. The van der Waals surface area contributed by atoms with Crippen LogP contribution in [0.4, 0.5) is 5.95 Å². The lowest BCUT2D eigenvalue weighted by Gasteiger charge is -2.38. The molecule has 1 aromatic carbocycles. The molecule has 206 valence electrons. The van der Waals surface area contributed by atoms with Crippen LogP contribution in [0.5, 0.6) is 0 Å². The van der Waals surface area contributed by atoms with E-state index in [-0.39, 0.29) is 23.8 Å². The van der Waals surface area contributed by atoms with E-state index in [0.717, 1.165) is 48.1 Å². The molecule has 1 saturated heterocycles. The number of anilines is 1. The summed E-state index contributed by atoms with van der Waals surface area (Å²) in [5.41, 5.74) is 6.85. The molecule has 4 heterocycles. The molecule has 2 aliphatic heterocycles. The maximum Gasteiger partial charge on any atom is 0.245 e. The first-order valence-corrected chi connectivity index (χ1v) is 13.6. The molecule has 0 aliphatic carbocycles. The molecule has 1 atom stereocenters. The van der Waals surface area contributed by atoms with Gasteiger partial charge in [0, 0.05) is 76.0 Å². The predicted octanol–water partition coefficient (Wildman–Crippen LogP) is 3.17. The predicted molar refractivity (Wildman–Crippen MR) is 151 cm³/mol. The van der Waals surface area contributed by atoms with Crippen molar-refractivity contribution in [2.45, 2.75) is 51.1 Å². The number of H-pyrrole nitrogens is 1. The summed E-state index contributed by atoms with van der Waals surface area (Å²) in [6, 6.07) is 4.38. The molecule has 10 heteroatoms. The van der Waals surface area contributed by atoms with Crippen molar-refractivity contribution in [2.24, 2.45) is 0 Å². The van der Waals surface area contributed by atoms with Crippen LogP contribution in [0, 0.1) is 6.92 Å². The number of hydrogen-bond donors (Lipinski definition) is 2. The Morgan fingerprint density at radius 1 is 1.23 bits per heavy atom. The normalized spacial score (nSPS) is 18.2. The minimum atomic E-state index is -0.0163.